The number of anilines is 1. The van der Waals surface area contributed by atoms with E-state index in [9.17, 15) is 9.59 Å². The molecule has 0 aliphatic heterocycles. The van der Waals surface area contributed by atoms with Gasteiger partial charge in [-0.3, -0.25) is 19.4 Å². The van der Waals surface area contributed by atoms with Gasteiger partial charge in [0.15, 0.2) is 5.13 Å². The summed E-state index contributed by atoms with van der Waals surface area (Å²) in [5, 5.41) is 11.3. The molecule has 0 saturated heterocycles. The van der Waals surface area contributed by atoms with E-state index >= 15 is 0 Å². The lowest BCUT2D eigenvalue weighted by molar-refractivity contribution is -0.137. The Morgan fingerprint density at radius 3 is 2.55 bits per heavy atom. The molecule has 7 heteroatoms. The van der Waals surface area contributed by atoms with Gasteiger partial charge in [0.1, 0.15) is 0 Å². The molecule has 1 heterocycles. The van der Waals surface area contributed by atoms with Crippen molar-refractivity contribution in [2.45, 2.75) is 33.7 Å². The van der Waals surface area contributed by atoms with Crippen LogP contribution in [0.2, 0.25) is 0 Å². The van der Waals surface area contributed by atoms with Crippen molar-refractivity contribution in [1.29, 1.82) is 0 Å². The highest BCUT2D eigenvalue weighted by atomic mass is 32.1. The minimum atomic E-state index is -0.795. The van der Waals surface area contributed by atoms with Crippen LogP contribution in [0.25, 0.3) is 0 Å². The summed E-state index contributed by atoms with van der Waals surface area (Å²) in [4.78, 5) is 30.2. The summed E-state index contributed by atoms with van der Waals surface area (Å²) in [6, 6.07) is 0. The van der Waals surface area contributed by atoms with Gasteiger partial charge in [0.25, 0.3) is 0 Å². The second kappa shape index (κ2) is 7.96. The van der Waals surface area contributed by atoms with Crippen LogP contribution in [0.4, 0.5) is 5.13 Å². The fourth-order valence-electron chi connectivity index (χ4n) is 1.82. The van der Waals surface area contributed by atoms with Crippen molar-refractivity contribution in [3.05, 3.63) is 11.1 Å². The minimum Gasteiger partial charge on any atom is -0.481 e. The highest BCUT2D eigenvalue weighted by molar-refractivity contribution is 7.14. The molecule has 0 fully saturated rings. The fourth-order valence-corrected chi connectivity index (χ4v) is 2.74. The highest BCUT2D eigenvalue weighted by Gasteiger charge is 2.14. The van der Waals surface area contributed by atoms with Crippen LogP contribution in [0, 0.1) is 0 Å². The van der Waals surface area contributed by atoms with Crippen molar-refractivity contribution in [3.8, 4) is 0 Å². The second-order valence-electron chi connectivity index (χ2n) is 4.40. The Kier molecular flexibility index (Phi) is 6.60. The number of hydrogen-bond donors (Lipinski definition) is 1. The van der Waals surface area contributed by atoms with Crippen LogP contribution in [0.5, 0.6) is 0 Å². The van der Waals surface area contributed by atoms with Crippen LogP contribution in [0.3, 0.4) is 0 Å². The van der Waals surface area contributed by atoms with Gasteiger partial charge in [-0.15, -0.1) is 11.3 Å². The number of carboxylic acid groups (broad SMARTS) is 1. The quantitative estimate of drug-likeness (QED) is 0.792. The normalized spacial score (nSPS) is 10.8. The van der Waals surface area contributed by atoms with Gasteiger partial charge in [-0.2, -0.15) is 0 Å². The number of thiazole rings is 1. The van der Waals surface area contributed by atoms with Crippen LogP contribution >= 0.6 is 11.3 Å². The van der Waals surface area contributed by atoms with E-state index in [0.29, 0.717) is 24.8 Å². The Morgan fingerprint density at radius 1 is 1.35 bits per heavy atom. The van der Waals surface area contributed by atoms with Gasteiger partial charge in [-0.25, -0.2) is 4.98 Å². The molecule has 20 heavy (non-hydrogen) atoms. The predicted octanol–water partition coefficient (Wildman–Crippen LogP) is 1.81. The third-order valence-electron chi connectivity index (χ3n) is 2.94. The van der Waals surface area contributed by atoms with Crippen molar-refractivity contribution in [2.24, 2.45) is 0 Å². The van der Waals surface area contributed by atoms with Crippen LogP contribution < -0.4 is 4.90 Å². The smallest absolute Gasteiger partial charge is 0.304 e. The third kappa shape index (κ3) is 4.90. The summed E-state index contributed by atoms with van der Waals surface area (Å²) in [5.74, 6) is -0.817. The Labute approximate surface area is 123 Å². The summed E-state index contributed by atoms with van der Waals surface area (Å²) < 4.78 is 0. The molecular weight excluding hydrogens is 278 g/mol. The average Bonchev–Trinajstić information content (AvgIpc) is 2.83. The molecule has 112 valence electrons. The molecule has 1 amide bonds. The van der Waals surface area contributed by atoms with Crippen molar-refractivity contribution < 1.29 is 14.7 Å². The number of hydrogen-bond acceptors (Lipinski definition) is 5. The maximum absolute atomic E-state index is 11.5. The summed E-state index contributed by atoms with van der Waals surface area (Å²) in [7, 11) is 0. The van der Waals surface area contributed by atoms with E-state index in [1.54, 1.807) is 4.90 Å². The summed E-state index contributed by atoms with van der Waals surface area (Å²) in [6.07, 6.45) is 0.124. The first-order valence-corrected chi connectivity index (χ1v) is 7.52. The lowest BCUT2D eigenvalue weighted by Gasteiger charge is -2.18. The topological polar surface area (TPSA) is 73.7 Å². The molecule has 0 aliphatic carbocycles. The zero-order valence-corrected chi connectivity index (χ0v) is 12.9. The van der Waals surface area contributed by atoms with Crippen LogP contribution in [-0.2, 0) is 16.1 Å². The van der Waals surface area contributed by atoms with Crippen molar-refractivity contribution in [2.75, 3.05) is 24.5 Å². The Bertz CT molecular complexity index is 461. The van der Waals surface area contributed by atoms with Gasteiger partial charge >= 0.3 is 5.97 Å². The molecule has 1 aromatic rings. The summed E-state index contributed by atoms with van der Waals surface area (Å²) >= 11 is 1.44. The SMILES string of the molecule is CCN(CCC(=O)O)Cc1csc(N(CC)C(C)=O)n1. The van der Waals surface area contributed by atoms with E-state index in [1.165, 1.54) is 18.3 Å². The molecule has 1 rings (SSSR count). The third-order valence-corrected chi connectivity index (χ3v) is 3.85. The van der Waals surface area contributed by atoms with Gasteiger partial charge < -0.3 is 5.11 Å². The summed E-state index contributed by atoms with van der Waals surface area (Å²) in [6.45, 7) is 7.90. The lowest BCUT2D eigenvalue weighted by Crippen LogP contribution is -2.28. The summed E-state index contributed by atoms with van der Waals surface area (Å²) in [5.41, 5.74) is 0.872. The van der Waals surface area contributed by atoms with Crippen molar-refractivity contribution in [1.82, 2.24) is 9.88 Å². The molecule has 0 aliphatic rings. The molecule has 1 N–H and O–H groups in total. The molecule has 0 spiro atoms. The van der Waals surface area contributed by atoms with E-state index in [0.717, 1.165) is 12.2 Å². The first-order valence-electron chi connectivity index (χ1n) is 6.64. The Hall–Kier alpha value is -1.47. The molecule has 6 nitrogen and oxygen atoms in total. The van der Waals surface area contributed by atoms with E-state index < -0.39 is 5.97 Å². The zero-order chi connectivity index (χ0) is 15.1. The van der Waals surface area contributed by atoms with Gasteiger partial charge in [-0.05, 0) is 13.5 Å². The molecule has 0 atom stereocenters. The molecule has 0 radical (unpaired) electrons. The van der Waals surface area contributed by atoms with E-state index in [1.807, 2.05) is 24.1 Å². The van der Waals surface area contributed by atoms with Crippen molar-refractivity contribution in [3.63, 3.8) is 0 Å². The van der Waals surface area contributed by atoms with E-state index in [-0.39, 0.29) is 12.3 Å². The van der Waals surface area contributed by atoms with Crippen LogP contribution in [0.1, 0.15) is 32.9 Å². The molecule has 0 bridgehead atoms. The number of aromatic nitrogens is 1. The standard InChI is InChI=1S/C13H21N3O3S/c1-4-15(7-6-12(18)19)8-11-9-20-13(14-11)16(5-2)10(3)17/h9H,4-8H2,1-3H3,(H,18,19). The average molecular weight is 299 g/mol. The maximum Gasteiger partial charge on any atom is 0.304 e. The number of carboxylic acids is 1. The first-order chi connectivity index (χ1) is 9.47. The predicted molar refractivity (Wildman–Crippen MR) is 79.0 cm³/mol. The number of carbonyl (C=O) groups excluding carboxylic acids is 1. The van der Waals surface area contributed by atoms with Crippen LogP contribution in [-0.4, -0.2) is 46.5 Å². The number of rotatable bonds is 8. The molecule has 1 aromatic heterocycles. The van der Waals surface area contributed by atoms with Gasteiger partial charge in [-0.1, -0.05) is 6.92 Å². The number of amides is 1. The monoisotopic (exact) mass is 299 g/mol. The fraction of sp³-hybridized carbons (Fsp3) is 0.615. The number of carbonyl (C=O) groups is 2. The number of nitrogens with zero attached hydrogens (tertiary/aromatic N) is 3. The molecule has 0 aromatic carbocycles. The second-order valence-corrected chi connectivity index (χ2v) is 5.23. The lowest BCUT2D eigenvalue weighted by atomic mass is 10.3. The highest BCUT2D eigenvalue weighted by Crippen LogP contribution is 2.21. The zero-order valence-electron chi connectivity index (χ0n) is 12.1. The van der Waals surface area contributed by atoms with Gasteiger partial charge in [0.2, 0.25) is 5.91 Å². The van der Waals surface area contributed by atoms with E-state index in [4.69, 9.17) is 5.11 Å². The van der Waals surface area contributed by atoms with E-state index in [2.05, 4.69) is 4.98 Å². The molecule has 0 saturated carbocycles. The number of aliphatic carboxylic acids is 1. The Balaban J connectivity index is 2.66. The van der Waals surface area contributed by atoms with Gasteiger partial charge in [0, 0.05) is 31.9 Å². The Morgan fingerprint density at radius 2 is 2.05 bits per heavy atom. The van der Waals surface area contributed by atoms with Crippen LogP contribution in [0.15, 0.2) is 5.38 Å². The first kappa shape index (κ1) is 16.6. The van der Waals surface area contributed by atoms with Crippen molar-refractivity contribution >= 4 is 28.3 Å². The maximum atomic E-state index is 11.5. The minimum absolute atomic E-state index is 0.0216. The molecular formula is C13H21N3O3S. The van der Waals surface area contributed by atoms with Gasteiger partial charge in [0.05, 0.1) is 12.1 Å². The largest absolute Gasteiger partial charge is 0.481 e. The molecule has 0 unspecified atom stereocenters.